The smallest absolute Gasteiger partial charge is 0.377 e. The first-order valence-corrected chi connectivity index (χ1v) is 10.3. The Bertz CT molecular complexity index is 570. The molecule has 4 rings (SSSR count). The number of ether oxygens (including phenoxy) is 1. The van der Waals surface area contributed by atoms with E-state index in [4.69, 9.17) is 4.74 Å². The van der Waals surface area contributed by atoms with Crippen LogP contribution in [-0.4, -0.2) is 79.5 Å². The lowest BCUT2D eigenvalue weighted by Gasteiger charge is -2.63. The Labute approximate surface area is 159 Å². The molecule has 2 heterocycles. The molecule has 2 saturated carbocycles. The first-order chi connectivity index (χ1) is 12.9. The Kier molecular flexibility index (Phi) is 5.08. The second-order valence-electron chi connectivity index (χ2n) is 8.49. The maximum absolute atomic E-state index is 13.0. The van der Waals surface area contributed by atoms with E-state index in [-0.39, 0.29) is 5.41 Å². The topological polar surface area (TPSA) is 40.1 Å². The minimum atomic E-state index is -4.17. The predicted molar refractivity (Wildman–Crippen MR) is 97.7 cm³/mol. The molecule has 27 heavy (non-hydrogen) atoms. The monoisotopic (exact) mass is 388 g/mol. The van der Waals surface area contributed by atoms with Gasteiger partial charge in [-0.05, 0) is 33.1 Å². The van der Waals surface area contributed by atoms with Gasteiger partial charge >= 0.3 is 6.18 Å². The van der Waals surface area contributed by atoms with Gasteiger partial charge in [-0.2, -0.15) is 13.2 Å². The Morgan fingerprint density at radius 1 is 1.26 bits per heavy atom. The third-order valence-electron chi connectivity index (χ3n) is 7.26. The zero-order valence-electron chi connectivity index (χ0n) is 16.3. The van der Waals surface area contributed by atoms with Crippen LogP contribution in [0.3, 0.4) is 0 Å². The second-order valence-corrected chi connectivity index (χ2v) is 8.49. The van der Waals surface area contributed by atoms with Crippen molar-refractivity contribution in [1.29, 1.82) is 0 Å². The van der Waals surface area contributed by atoms with E-state index in [1.807, 2.05) is 6.92 Å². The molecule has 0 aromatic heterocycles. The molecular weight excluding hydrogens is 357 g/mol. The SMILES string of the molecule is CCN=C(NC1C2CCOC2C12CCC2)N1CCN(C(C)C(F)(F)F)CC1. The third kappa shape index (κ3) is 3.22. The maximum atomic E-state index is 13.0. The van der Waals surface area contributed by atoms with Gasteiger partial charge in [0.15, 0.2) is 5.96 Å². The molecule has 4 atom stereocenters. The normalized spacial score (nSPS) is 34.8. The van der Waals surface area contributed by atoms with E-state index in [9.17, 15) is 13.2 Å². The molecule has 1 N–H and O–H groups in total. The summed E-state index contributed by atoms with van der Waals surface area (Å²) in [5.41, 5.74) is 0.266. The summed E-state index contributed by atoms with van der Waals surface area (Å²) >= 11 is 0. The lowest BCUT2D eigenvalue weighted by atomic mass is 9.46. The molecular formula is C19H31F3N4O. The zero-order chi connectivity index (χ0) is 19.2. The van der Waals surface area contributed by atoms with Crippen LogP contribution in [0.5, 0.6) is 0 Å². The van der Waals surface area contributed by atoms with Crippen LogP contribution in [0.25, 0.3) is 0 Å². The molecule has 4 aliphatic rings. The van der Waals surface area contributed by atoms with Crippen molar-refractivity contribution in [2.75, 3.05) is 39.3 Å². The van der Waals surface area contributed by atoms with Gasteiger partial charge in [0.2, 0.25) is 0 Å². The molecule has 4 unspecified atom stereocenters. The molecule has 1 spiro atoms. The summed E-state index contributed by atoms with van der Waals surface area (Å²) in [5, 5.41) is 3.72. The molecule has 0 bridgehead atoms. The van der Waals surface area contributed by atoms with Crippen LogP contribution in [0.2, 0.25) is 0 Å². The fraction of sp³-hybridized carbons (Fsp3) is 0.947. The summed E-state index contributed by atoms with van der Waals surface area (Å²) in [4.78, 5) is 8.34. The lowest BCUT2D eigenvalue weighted by molar-refractivity contribution is -0.181. The van der Waals surface area contributed by atoms with E-state index in [1.165, 1.54) is 31.1 Å². The highest BCUT2D eigenvalue weighted by Crippen LogP contribution is 2.62. The van der Waals surface area contributed by atoms with E-state index >= 15 is 0 Å². The summed E-state index contributed by atoms with van der Waals surface area (Å²) in [6, 6.07) is -0.989. The van der Waals surface area contributed by atoms with E-state index in [1.54, 1.807) is 0 Å². The molecule has 0 aromatic rings. The number of hydrogen-bond donors (Lipinski definition) is 1. The van der Waals surface area contributed by atoms with Crippen molar-refractivity contribution in [3.8, 4) is 0 Å². The Balaban J connectivity index is 1.39. The lowest BCUT2D eigenvalue weighted by Crippen LogP contribution is -2.73. The standard InChI is InChI=1S/C19H31F3N4O/c1-3-23-17(26-10-8-25(9-11-26)13(2)19(20,21)22)24-15-14-5-12-27-16(14)18(15)6-4-7-18/h13-16H,3-12H2,1-2H3,(H,23,24). The van der Waals surface area contributed by atoms with E-state index in [2.05, 4.69) is 15.2 Å². The molecule has 154 valence electrons. The van der Waals surface area contributed by atoms with Crippen LogP contribution in [0.1, 0.15) is 39.5 Å². The van der Waals surface area contributed by atoms with Gasteiger partial charge in [0, 0.05) is 56.7 Å². The number of halogens is 3. The highest BCUT2D eigenvalue weighted by Gasteiger charge is 2.66. The summed E-state index contributed by atoms with van der Waals surface area (Å²) in [6.45, 7) is 6.77. The molecule has 2 aliphatic carbocycles. The van der Waals surface area contributed by atoms with Crippen molar-refractivity contribution in [1.82, 2.24) is 15.1 Å². The number of nitrogens with zero attached hydrogens (tertiary/aromatic N) is 3. The number of piperazine rings is 1. The van der Waals surface area contributed by atoms with Gasteiger partial charge in [-0.1, -0.05) is 6.42 Å². The molecule has 5 nitrogen and oxygen atoms in total. The predicted octanol–water partition coefficient (Wildman–Crippen LogP) is 2.48. The van der Waals surface area contributed by atoms with Gasteiger partial charge in [-0.15, -0.1) is 0 Å². The van der Waals surface area contributed by atoms with Crippen molar-refractivity contribution < 1.29 is 17.9 Å². The summed E-state index contributed by atoms with van der Waals surface area (Å²) < 4.78 is 45.0. The van der Waals surface area contributed by atoms with Gasteiger partial charge in [0.05, 0.1) is 6.10 Å². The molecule has 0 aromatic carbocycles. The first kappa shape index (κ1) is 19.3. The maximum Gasteiger partial charge on any atom is 0.403 e. The van der Waals surface area contributed by atoms with Crippen molar-refractivity contribution in [2.24, 2.45) is 16.3 Å². The molecule has 0 radical (unpaired) electrons. The average molecular weight is 388 g/mol. The molecule has 0 amide bonds. The minimum absolute atomic E-state index is 0.266. The quantitative estimate of drug-likeness (QED) is 0.596. The van der Waals surface area contributed by atoms with Crippen LogP contribution < -0.4 is 5.32 Å². The number of alkyl halides is 3. The van der Waals surface area contributed by atoms with Crippen LogP contribution in [0.15, 0.2) is 4.99 Å². The number of fused-ring (bicyclic) bond motifs is 2. The van der Waals surface area contributed by atoms with Gasteiger partial charge < -0.3 is 15.0 Å². The average Bonchev–Trinajstić information content (AvgIpc) is 3.01. The van der Waals surface area contributed by atoms with E-state index in [0.29, 0.717) is 50.8 Å². The zero-order valence-corrected chi connectivity index (χ0v) is 16.3. The minimum Gasteiger partial charge on any atom is -0.377 e. The molecule has 2 aliphatic heterocycles. The van der Waals surface area contributed by atoms with Crippen LogP contribution >= 0.6 is 0 Å². The Morgan fingerprint density at radius 2 is 1.96 bits per heavy atom. The van der Waals surface area contributed by atoms with Gasteiger partial charge in [-0.3, -0.25) is 9.89 Å². The number of guanidine groups is 1. The van der Waals surface area contributed by atoms with Crippen molar-refractivity contribution in [2.45, 2.75) is 63.9 Å². The second kappa shape index (κ2) is 7.10. The number of aliphatic imine (C=N–C) groups is 1. The van der Waals surface area contributed by atoms with Crippen LogP contribution in [0, 0.1) is 11.3 Å². The molecule has 8 heteroatoms. The third-order valence-corrected chi connectivity index (χ3v) is 7.26. The molecule has 4 fully saturated rings. The largest absolute Gasteiger partial charge is 0.403 e. The number of hydrogen-bond acceptors (Lipinski definition) is 3. The summed E-state index contributed by atoms with van der Waals surface area (Å²) in [5.74, 6) is 1.43. The van der Waals surface area contributed by atoms with Crippen LogP contribution in [0.4, 0.5) is 13.2 Å². The summed E-state index contributed by atoms with van der Waals surface area (Å²) in [6.07, 6.45) is 1.01. The van der Waals surface area contributed by atoms with E-state index < -0.39 is 12.2 Å². The fourth-order valence-corrected chi connectivity index (χ4v) is 5.51. The Morgan fingerprint density at radius 3 is 2.52 bits per heavy atom. The van der Waals surface area contributed by atoms with E-state index in [0.717, 1.165) is 19.0 Å². The van der Waals surface area contributed by atoms with Crippen LogP contribution in [-0.2, 0) is 4.74 Å². The number of rotatable bonds is 3. The summed E-state index contributed by atoms with van der Waals surface area (Å²) in [7, 11) is 0. The highest BCUT2D eigenvalue weighted by atomic mass is 19.4. The first-order valence-electron chi connectivity index (χ1n) is 10.3. The molecule has 2 saturated heterocycles. The van der Waals surface area contributed by atoms with Crippen molar-refractivity contribution in [3.63, 3.8) is 0 Å². The Hall–Kier alpha value is -1.02. The number of nitrogens with one attached hydrogen (secondary N) is 1. The van der Waals surface area contributed by atoms with Crippen molar-refractivity contribution in [3.05, 3.63) is 0 Å². The highest BCUT2D eigenvalue weighted by molar-refractivity contribution is 5.81. The van der Waals surface area contributed by atoms with Crippen molar-refractivity contribution >= 4 is 5.96 Å². The van der Waals surface area contributed by atoms with Gasteiger partial charge in [0.1, 0.15) is 6.04 Å². The fourth-order valence-electron chi connectivity index (χ4n) is 5.51. The van der Waals surface area contributed by atoms with Gasteiger partial charge in [-0.25, -0.2) is 0 Å². The van der Waals surface area contributed by atoms with Gasteiger partial charge in [0.25, 0.3) is 0 Å².